The van der Waals surface area contributed by atoms with Gasteiger partial charge < -0.3 is 10.6 Å². The molecule has 1 aromatic rings. The number of carbonyl (C=O) groups excluding carboxylic acids is 2. The van der Waals surface area contributed by atoms with E-state index in [9.17, 15) is 14.4 Å². The minimum atomic E-state index is -0.458. The first-order valence-electron chi connectivity index (χ1n) is 5.11. The highest BCUT2D eigenvalue weighted by atomic mass is 16.2. The zero-order chi connectivity index (χ0) is 13.4. The summed E-state index contributed by atoms with van der Waals surface area (Å²) in [5.74, 6) is -0.852. The Morgan fingerprint density at radius 2 is 2.06 bits per heavy atom. The molecule has 0 fully saturated rings. The second-order valence-electron chi connectivity index (χ2n) is 3.25. The average Bonchev–Trinajstić information content (AvgIpc) is 2.35. The zero-order valence-corrected chi connectivity index (χ0v) is 9.40. The van der Waals surface area contributed by atoms with Gasteiger partial charge in [-0.1, -0.05) is 0 Å². The van der Waals surface area contributed by atoms with Crippen LogP contribution in [0.15, 0.2) is 16.9 Å². The third kappa shape index (κ3) is 4.44. The maximum Gasteiger partial charge on any atom is 0.271 e. The Morgan fingerprint density at radius 3 is 2.67 bits per heavy atom. The molecule has 0 aliphatic heterocycles. The van der Waals surface area contributed by atoms with Gasteiger partial charge in [-0.3, -0.25) is 14.4 Å². The van der Waals surface area contributed by atoms with Gasteiger partial charge in [0.05, 0.1) is 6.07 Å². The summed E-state index contributed by atoms with van der Waals surface area (Å²) in [6.07, 6.45) is -0.213. The molecule has 8 heteroatoms. The van der Waals surface area contributed by atoms with E-state index in [2.05, 4.69) is 20.8 Å². The first kappa shape index (κ1) is 13.4. The van der Waals surface area contributed by atoms with Crippen molar-refractivity contribution in [3.8, 4) is 6.07 Å². The number of rotatable bonds is 5. The topological polar surface area (TPSA) is 128 Å². The summed E-state index contributed by atoms with van der Waals surface area (Å²) in [7, 11) is 0. The predicted octanol–water partition coefficient (Wildman–Crippen LogP) is -1.47. The third-order valence-electron chi connectivity index (χ3n) is 1.88. The molecule has 1 heterocycles. The number of carbonyl (C=O) groups is 2. The van der Waals surface area contributed by atoms with Crippen LogP contribution in [0.4, 0.5) is 0 Å². The summed E-state index contributed by atoms with van der Waals surface area (Å²) in [5, 5.41) is 18.9. The number of nitriles is 1. The number of hydrogen-bond acceptors (Lipinski definition) is 5. The molecule has 0 saturated carbocycles. The van der Waals surface area contributed by atoms with Crippen LogP contribution in [0, 0.1) is 11.3 Å². The monoisotopic (exact) mass is 249 g/mol. The van der Waals surface area contributed by atoms with Crippen molar-refractivity contribution in [3.05, 3.63) is 28.2 Å². The first-order valence-corrected chi connectivity index (χ1v) is 5.11. The van der Waals surface area contributed by atoms with Gasteiger partial charge in [0.2, 0.25) is 5.91 Å². The molecule has 94 valence electrons. The second kappa shape index (κ2) is 6.80. The van der Waals surface area contributed by atoms with Crippen molar-refractivity contribution in [1.82, 2.24) is 20.8 Å². The maximum absolute atomic E-state index is 11.5. The van der Waals surface area contributed by atoms with Gasteiger partial charge in [-0.25, -0.2) is 5.10 Å². The molecule has 0 spiro atoms. The lowest BCUT2D eigenvalue weighted by Gasteiger charge is -2.04. The van der Waals surface area contributed by atoms with Crippen LogP contribution < -0.4 is 16.2 Å². The van der Waals surface area contributed by atoms with Crippen molar-refractivity contribution in [1.29, 1.82) is 5.26 Å². The van der Waals surface area contributed by atoms with E-state index in [-0.39, 0.29) is 25.2 Å². The standard InChI is InChI=1S/C10H11N5O3/c11-4-3-8(16)12-5-6-13-10(18)7-1-2-9(17)15-14-7/h1-2H,3,5-6H2,(H,12,16)(H,13,18)(H,15,17). The molecule has 3 N–H and O–H groups in total. The average molecular weight is 249 g/mol. The number of hydrogen-bond donors (Lipinski definition) is 3. The lowest BCUT2D eigenvalue weighted by molar-refractivity contribution is -0.120. The molecule has 2 amide bonds. The van der Waals surface area contributed by atoms with Crippen molar-refractivity contribution in [2.24, 2.45) is 0 Å². The van der Waals surface area contributed by atoms with E-state index in [0.29, 0.717) is 0 Å². The quantitative estimate of drug-likeness (QED) is 0.549. The maximum atomic E-state index is 11.5. The Morgan fingerprint density at radius 1 is 1.33 bits per heavy atom. The number of nitrogens with zero attached hydrogens (tertiary/aromatic N) is 2. The fraction of sp³-hybridized carbons (Fsp3) is 0.300. The minimum Gasteiger partial charge on any atom is -0.353 e. The molecule has 8 nitrogen and oxygen atoms in total. The molecule has 18 heavy (non-hydrogen) atoms. The Kier molecular flexibility index (Phi) is 5.05. The fourth-order valence-corrected chi connectivity index (χ4v) is 1.07. The van der Waals surface area contributed by atoms with Crippen LogP contribution in [0.2, 0.25) is 0 Å². The summed E-state index contributed by atoms with van der Waals surface area (Å²) < 4.78 is 0. The normalized spacial score (nSPS) is 9.28. The fourth-order valence-electron chi connectivity index (χ4n) is 1.07. The van der Waals surface area contributed by atoms with E-state index in [1.165, 1.54) is 12.1 Å². The van der Waals surface area contributed by atoms with E-state index in [1.54, 1.807) is 6.07 Å². The van der Waals surface area contributed by atoms with E-state index in [0.717, 1.165) is 0 Å². The molecule has 0 aromatic carbocycles. The van der Waals surface area contributed by atoms with Crippen LogP contribution in [0.25, 0.3) is 0 Å². The number of H-pyrrole nitrogens is 1. The molecule has 1 rings (SSSR count). The summed E-state index contributed by atoms with van der Waals surface area (Å²) in [6.45, 7) is 0.423. The van der Waals surface area contributed by atoms with Gasteiger partial charge in [0.15, 0.2) is 0 Å². The lowest BCUT2D eigenvalue weighted by atomic mass is 10.3. The van der Waals surface area contributed by atoms with Gasteiger partial charge >= 0.3 is 0 Å². The SMILES string of the molecule is N#CCC(=O)NCCNC(=O)c1ccc(=O)[nH]n1. The molecule has 1 aromatic heterocycles. The van der Waals surface area contributed by atoms with Crippen molar-refractivity contribution >= 4 is 11.8 Å². The molecule has 0 radical (unpaired) electrons. The molecular formula is C10H11N5O3. The predicted molar refractivity (Wildman–Crippen MR) is 60.4 cm³/mol. The van der Waals surface area contributed by atoms with Crippen molar-refractivity contribution in [2.75, 3.05) is 13.1 Å². The van der Waals surface area contributed by atoms with Gasteiger partial charge in [-0.05, 0) is 6.07 Å². The molecule has 0 saturated heterocycles. The third-order valence-corrected chi connectivity index (χ3v) is 1.88. The highest BCUT2D eigenvalue weighted by Crippen LogP contribution is 1.87. The Bertz CT molecular complexity index is 511. The first-order chi connectivity index (χ1) is 8.63. The van der Waals surface area contributed by atoms with Crippen molar-refractivity contribution < 1.29 is 9.59 Å². The Labute approximate surface area is 102 Å². The van der Waals surface area contributed by atoms with Gasteiger partial charge in [0.25, 0.3) is 11.5 Å². The molecule has 0 atom stereocenters. The highest BCUT2D eigenvalue weighted by molar-refractivity contribution is 5.91. The van der Waals surface area contributed by atoms with Crippen LogP contribution in [0.3, 0.4) is 0 Å². The molecule has 0 aliphatic carbocycles. The van der Waals surface area contributed by atoms with E-state index < -0.39 is 17.4 Å². The number of aromatic nitrogens is 2. The van der Waals surface area contributed by atoms with Crippen molar-refractivity contribution in [3.63, 3.8) is 0 Å². The number of aromatic amines is 1. The van der Waals surface area contributed by atoms with Crippen LogP contribution in [-0.2, 0) is 4.79 Å². The highest BCUT2D eigenvalue weighted by Gasteiger charge is 2.06. The molecular weight excluding hydrogens is 238 g/mol. The van der Waals surface area contributed by atoms with Crippen LogP contribution in [-0.4, -0.2) is 35.1 Å². The largest absolute Gasteiger partial charge is 0.353 e. The molecule has 0 bridgehead atoms. The molecule has 0 aliphatic rings. The van der Waals surface area contributed by atoms with Gasteiger partial charge in [0, 0.05) is 19.2 Å². The van der Waals surface area contributed by atoms with Gasteiger partial charge in [-0.2, -0.15) is 10.4 Å². The second-order valence-corrected chi connectivity index (χ2v) is 3.25. The van der Waals surface area contributed by atoms with E-state index in [4.69, 9.17) is 5.26 Å². The van der Waals surface area contributed by atoms with Crippen LogP contribution in [0.1, 0.15) is 16.9 Å². The van der Waals surface area contributed by atoms with Crippen LogP contribution in [0.5, 0.6) is 0 Å². The Hall–Kier alpha value is -2.69. The molecule has 0 unspecified atom stereocenters. The summed E-state index contributed by atoms with van der Waals surface area (Å²) in [6, 6.07) is 4.19. The van der Waals surface area contributed by atoms with Crippen LogP contribution >= 0.6 is 0 Å². The summed E-state index contributed by atoms with van der Waals surface area (Å²) in [5.41, 5.74) is -0.312. The van der Waals surface area contributed by atoms with Gasteiger partial charge in [0.1, 0.15) is 12.1 Å². The number of amides is 2. The smallest absolute Gasteiger partial charge is 0.271 e. The summed E-state index contributed by atoms with van der Waals surface area (Å²) >= 11 is 0. The number of nitrogens with one attached hydrogen (secondary N) is 3. The van der Waals surface area contributed by atoms with Crippen molar-refractivity contribution in [2.45, 2.75) is 6.42 Å². The lowest BCUT2D eigenvalue weighted by Crippen LogP contribution is -2.35. The summed E-state index contributed by atoms with van der Waals surface area (Å²) in [4.78, 5) is 33.1. The zero-order valence-electron chi connectivity index (χ0n) is 9.40. The van der Waals surface area contributed by atoms with E-state index in [1.807, 2.05) is 0 Å². The van der Waals surface area contributed by atoms with Gasteiger partial charge in [-0.15, -0.1) is 0 Å². The van der Waals surface area contributed by atoms with E-state index >= 15 is 0 Å². The minimum absolute atomic E-state index is 0.0814. The Balaban J connectivity index is 2.30.